The molecule has 180 valence electrons. The first kappa shape index (κ1) is 23.2. The molecule has 1 atom stereocenters. The Bertz CT molecular complexity index is 1290. The van der Waals surface area contributed by atoms with E-state index in [1.165, 1.54) is 18.2 Å². The molecule has 1 saturated heterocycles. The molecule has 0 bridgehead atoms. The molecule has 2 heterocycles. The Kier molecular flexibility index (Phi) is 6.38. The lowest BCUT2D eigenvalue weighted by atomic mass is 9.93. The minimum atomic E-state index is -0.660. The highest BCUT2D eigenvalue weighted by atomic mass is 32.1. The number of H-pyrrole nitrogens is 1. The lowest BCUT2D eigenvalue weighted by molar-refractivity contribution is -0.125. The van der Waals surface area contributed by atoms with Gasteiger partial charge in [0.2, 0.25) is 5.91 Å². The molecule has 3 aromatic rings. The highest BCUT2D eigenvalue weighted by Crippen LogP contribution is 2.34. The van der Waals surface area contributed by atoms with E-state index in [2.05, 4.69) is 10.3 Å². The molecular weight excluding hydrogens is 460 g/mol. The Morgan fingerprint density at radius 2 is 1.80 bits per heavy atom. The van der Waals surface area contributed by atoms with Crippen molar-refractivity contribution in [2.45, 2.75) is 57.5 Å². The van der Waals surface area contributed by atoms with Crippen LogP contribution in [-0.2, 0) is 9.59 Å². The number of rotatable bonds is 6. The summed E-state index contributed by atoms with van der Waals surface area (Å²) in [6.07, 6.45) is 7.11. The van der Waals surface area contributed by atoms with E-state index in [0.29, 0.717) is 22.1 Å². The minimum absolute atomic E-state index is 0.0142. The van der Waals surface area contributed by atoms with E-state index in [9.17, 15) is 14.4 Å². The zero-order valence-corrected chi connectivity index (χ0v) is 20.4. The number of hydrogen-bond donors (Lipinski definition) is 2. The monoisotopic (exact) mass is 488 g/mol. The van der Waals surface area contributed by atoms with Gasteiger partial charge < -0.3 is 15.2 Å². The minimum Gasteiger partial charge on any atom is -0.361 e. The lowest BCUT2D eigenvalue weighted by Crippen LogP contribution is -2.45. The lowest BCUT2D eigenvalue weighted by Gasteiger charge is -2.35. The summed E-state index contributed by atoms with van der Waals surface area (Å²) >= 11 is 5.82. The third kappa shape index (κ3) is 4.58. The van der Waals surface area contributed by atoms with Gasteiger partial charge in [-0.1, -0.05) is 25.3 Å². The Labute approximate surface area is 209 Å². The van der Waals surface area contributed by atoms with Crippen LogP contribution in [0.3, 0.4) is 0 Å². The number of nitrogens with zero attached hydrogens (tertiary/aromatic N) is 2. The van der Waals surface area contributed by atoms with Crippen molar-refractivity contribution in [2.75, 3.05) is 10.2 Å². The van der Waals surface area contributed by atoms with E-state index in [1.807, 2.05) is 35.4 Å². The van der Waals surface area contributed by atoms with Crippen LogP contribution in [0, 0.1) is 0 Å². The number of ketones is 1. The fourth-order valence-corrected chi connectivity index (χ4v) is 5.63. The van der Waals surface area contributed by atoms with Gasteiger partial charge in [-0.15, -0.1) is 0 Å². The Morgan fingerprint density at radius 3 is 2.51 bits per heavy atom. The number of hydrogen-bond acceptors (Lipinski definition) is 4. The molecule has 2 N–H and O–H groups in total. The van der Waals surface area contributed by atoms with Crippen LogP contribution in [0.25, 0.3) is 10.9 Å². The quantitative estimate of drug-likeness (QED) is 0.375. The highest BCUT2D eigenvalue weighted by molar-refractivity contribution is 7.80. The molecule has 1 aliphatic carbocycles. The van der Waals surface area contributed by atoms with Crippen molar-refractivity contribution in [3.05, 3.63) is 60.3 Å². The molecular formula is C27H28N4O3S. The first-order chi connectivity index (χ1) is 16.9. The maximum absolute atomic E-state index is 13.7. The molecule has 0 spiro atoms. The van der Waals surface area contributed by atoms with Gasteiger partial charge >= 0.3 is 0 Å². The van der Waals surface area contributed by atoms with Crippen LogP contribution in [0.5, 0.6) is 0 Å². The van der Waals surface area contributed by atoms with Crippen molar-refractivity contribution in [3.63, 3.8) is 0 Å². The van der Waals surface area contributed by atoms with Crippen LogP contribution in [-0.4, -0.2) is 44.7 Å². The van der Waals surface area contributed by atoms with Crippen LogP contribution in [0.15, 0.2) is 54.7 Å². The second kappa shape index (κ2) is 9.62. The predicted molar refractivity (Wildman–Crippen MR) is 141 cm³/mol. The molecule has 0 radical (unpaired) electrons. The number of amides is 2. The van der Waals surface area contributed by atoms with Gasteiger partial charge in [-0.25, -0.2) is 0 Å². The topological polar surface area (TPSA) is 85.5 Å². The summed E-state index contributed by atoms with van der Waals surface area (Å²) < 4.78 is 0. The van der Waals surface area contributed by atoms with Crippen LogP contribution >= 0.6 is 12.2 Å². The molecule has 2 fully saturated rings. The first-order valence-electron chi connectivity index (χ1n) is 12.1. The molecule has 7 nitrogen and oxygen atoms in total. The van der Waals surface area contributed by atoms with Crippen LogP contribution in [0.1, 0.15) is 55.8 Å². The van der Waals surface area contributed by atoms with Crippen molar-refractivity contribution in [1.82, 2.24) is 9.88 Å². The van der Waals surface area contributed by atoms with Crippen molar-refractivity contribution in [2.24, 2.45) is 0 Å². The summed E-state index contributed by atoms with van der Waals surface area (Å²) in [6.45, 7) is 1.51. The van der Waals surface area contributed by atoms with Gasteiger partial charge in [-0.2, -0.15) is 0 Å². The number of fused-ring (bicyclic) bond motifs is 1. The van der Waals surface area contributed by atoms with Gasteiger partial charge in [0.1, 0.15) is 6.04 Å². The number of thiocarbonyl (C=S) groups is 1. The summed E-state index contributed by atoms with van der Waals surface area (Å²) in [5, 5.41) is 4.44. The summed E-state index contributed by atoms with van der Waals surface area (Å²) in [4.78, 5) is 45.1. The van der Waals surface area contributed by atoms with E-state index in [1.54, 1.807) is 24.3 Å². The normalized spacial score (nSPS) is 18.9. The van der Waals surface area contributed by atoms with E-state index in [0.717, 1.165) is 36.6 Å². The number of nitrogens with one attached hydrogen (secondary N) is 2. The average molecular weight is 489 g/mol. The highest BCUT2D eigenvalue weighted by Gasteiger charge is 2.47. The molecule has 1 saturated carbocycles. The van der Waals surface area contributed by atoms with Crippen molar-refractivity contribution in [3.8, 4) is 0 Å². The molecule has 1 unspecified atom stereocenters. The standard InChI is InChI=1S/C27H28N4O3S/c1-17(32)18-8-11-22(12-9-18)31-26(34)24(30(27(31)35)21-5-3-2-4-6-21)16-25(33)29-20-10-7-19-13-14-28-23(19)15-20/h7-15,21,24,28H,2-6,16H2,1H3,(H,29,33). The van der Waals surface area contributed by atoms with Gasteiger partial charge in [0.25, 0.3) is 5.91 Å². The molecule has 2 aromatic carbocycles. The molecule has 2 aliphatic rings. The zero-order chi connectivity index (χ0) is 24.5. The first-order valence-corrected chi connectivity index (χ1v) is 12.5. The maximum Gasteiger partial charge on any atom is 0.256 e. The third-order valence-electron chi connectivity index (χ3n) is 6.97. The van der Waals surface area contributed by atoms with E-state index < -0.39 is 6.04 Å². The number of aromatic nitrogens is 1. The number of anilines is 2. The number of benzene rings is 2. The van der Waals surface area contributed by atoms with Gasteiger partial charge in [-0.3, -0.25) is 19.3 Å². The predicted octanol–water partition coefficient (Wildman–Crippen LogP) is 5.03. The number of carbonyl (C=O) groups excluding carboxylic acids is 3. The van der Waals surface area contributed by atoms with Crippen molar-refractivity contribution in [1.29, 1.82) is 0 Å². The largest absolute Gasteiger partial charge is 0.361 e. The summed E-state index contributed by atoms with van der Waals surface area (Å²) in [5.41, 5.74) is 2.81. The zero-order valence-electron chi connectivity index (χ0n) is 19.6. The molecule has 35 heavy (non-hydrogen) atoms. The van der Waals surface area contributed by atoms with E-state index in [-0.39, 0.29) is 30.1 Å². The second-order valence-corrected chi connectivity index (χ2v) is 9.67. The second-order valence-electron chi connectivity index (χ2n) is 9.31. The molecule has 8 heteroatoms. The average Bonchev–Trinajstić information content (AvgIpc) is 3.41. The smallest absolute Gasteiger partial charge is 0.256 e. The maximum atomic E-state index is 13.7. The van der Waals surface area contributed by atoms with Crippen molar-refractivity contribution < 1.29 is 14.4 Å². The van der Waals surface area contributed by atoms with Gasteiger partial charge in [0, 0.05) is 29.0 Å². The van der Waals surface area contributed by atoms with Crippen LogP contribution < -0.4 is 10.2 Å². The number of Topliss-reactive ketones (excluding diaryl/α,β-unsaturated/α-hetero) is 1. The van der Waals surface area contributed by atoms with Crippen LogP contribution in [0.2, 0.25) is 0 Å². The van der Waals surface area contributed by atoms with Gasteiger partial charge in [-0.05, 0) is 79.8 Å². The Balaban J connectivity index is 1.39. The van der Waals surface area contributed by atoms with Gasteiger partial charge in [0.05, 0.1) is 12.1 Å². The van der Waals surface area contributed by atoms with Crippen molar-refractivity contribution >= 4 is 57.2 Å². The molecule has 1 aliphatic heterocycles. The number of aromatic amines is 1. The molecule has 1 aromatic heterocycles. The summed E-state index contributed by atoms with van der Waals surface area (Å²) in [5.74, 6) is -0.472. The molecule has 2 amide bonds. The van der Waals surface area contributed by atoms with E-state index in [4.69, 9.17) is 12.2 Å². The van der Waals surface area contributed by atoms with Crippen LogP contribution in [0.4, 0.5) is 11.4 Å². The fourth-order valence-electron chi connectivity index (χ4n) is 5.16. The van der Waals surface area contributed by atoms with E-state index >= 15 is 0 Å². The molecule has 5 rings (SSSR count). The Hall–Kier alpha value is -3.52. The number of carbonyl (C=O) groups is 3. The Morgan fingerprint density at radius 1 is 1.06 bits per heavy atom. The summed E-state index contributed by atoms with van der Waals surface area (Å²) in [6, 6.07) is 14.0. The summed E-state index contributed by atoms with van der Waals surface area (Å²) in [7, 11) is 0. The SMILES string of the molecule is CC(=O)c1ccc(N2C(=O)C(CC(=O)Nc3ccc4cc[nH]c4c3)N(C3CCCCC3)C2=S)cc1. The third-order valence-corrected chi connectivity index (χ3v) is 7.36. The fraction of sp³-hybridized carbons (Fsp3) is 0.333. The van der Waals surface area contributed by atoms with Gasteiger partial charge in [0.15, 0.2) is 10.9 Å².